The highest BCUT2D eigenvalue weighted by molar-refractivity contribution is 8.00. The van der Waals surface area contributed by atoms with Gasteiger partial charge in [-0.2, -0.15) is 0 Å². The van der Waals surface area contributed by atoms with Crippen molar-refractivity contribution in [3.05, 3.63) is 34.9 Å². The van der Waals surface area contributed by atoms with E-state index < -0.39 is 23.7 Å². The Bertz CT molecular complexity index is 773. The standard InChI is InChI=1S/C18H21NO6S/c1-5-26-18-15(11(9-14(20)21)17(23)19(18)2)16(22)10-6-7-12(24-3)13(8-10)25-4/h6-8,18H,5,9H2,1-4H3,(H,20,21)/t18-/m1/s1. The van der Waals surface area contributed by atoms with E-state index in [-0.39, 0.29) is 16.9 Å². The average molecular weight is 379 g/mol. The topological polar surface area (TPSA) is 93.1 Å². The second kappa shape index (κ2) is 8.27. The van der Waals surface area contributed by atoms with E-state index in [2.05, 4.69) is 0 Å². The van der Waals surface area contributed by atoms with E-state index in [1.165, 1.54) is 36.9 Å². The molecule has 0 aromatic heterocycles. The summed E-state index contributed by atoms with van der Waals surface area (Å²) in [5.41, 5.74) is 0.565. The third-order valence-electron chi connectivity index (χ3n) is 4.05. The van der Waals surface area contributed by atoms with Crippen molar-refractivity contribution in [2.45, 2.75) is 18.7 Å². The molecule has 0 unspecified atom stereocenters. The van der Waals surface area contributed by atoms with E-state index in [0.717, 1.165) is 0 Å². The van der Waals surface area contributed by atoms with Gasteiger partial charge in [-0.05, 0) is 24.0 Å². The van der Waals surface area contributed by atoms with E-state index in [1.54, 1.807) is 19.2 Å². The Kier molecular flexibility index (Phi) is 6.31. The lowest BCUT2D eigenvalue weighted by atomic mass is 9.98. The molecule has 2 rings (SSSR count). The van der Waals surface area contributed by atoms with E-state index in [1.807, 2.05) is 6.92 Å². The molecule has 1 aromatic rings. The number of carbonyl (C=O) groups is 3. The maximum atomic E-state index is 13.1. The smallest absolute Gasteiger partial charge is 0.308 e. The van der Waals surface area contributed by atoms with Crippen molar-refractivity contribution >= 4 is 29.4 Å². The summed E-state index contributed by atoms with van der Waals surface area (Å²) in [6.45, 7) is 1.91. The lowest BCUT2D eigenvalue weighted by Gasteiger charge is -2.21. The van der Waals surface area contributed by atoms with Crippen LogP contribution in [0.3, 0.4) is 0 Å². The van der Waals surface area contributed by atoms with Gasteiger partial charge < -0.3 is 19.5 Å². The van der Waals surface area contributed by atoms with Crippen molar-refractivity contribution in [1.82, 2.24) is 4.90 Å². The first-order valence-electron chi connectivity index (χ1n) is 7.96. The Morgan fingerprint density at radius 1 is 1.23 bits per heavy atom. The van der Waals surface area contributed by atoms with E-state index in [9.17, 15) is 14.4 Å². The number of amides is 1. The Morgan fingerprint density at radius 3 is 2.42 bits per heavy atom. The summed E-state index contributed by atoms with van der Waals surface area (Å²) in [4.78, 5) is 38.3. The molecule has 1 aliphatic rings. The van der Waals surface area contributed by atoms with Crippen LogP contribution in [0, 0.1) is 0 Å². The molecule has 1 atom stereocenters. The van der Waals surface area contributed by atoms with Crippen molar-refractivity contribution in [2.75, 3.05) is 27.0 Å². The van der Waals surface area contributed by atoms with Crippen LogP contribution in [0.4, 0.5) is 0 Å². The number of hydrogen-bond acceptors (Lipinski definition) is 6. The van der Waals surface area contributed by atoms with Crippen molar-refractivity contribution in [3.8, 4) is 11.5 Å². The van der Waals surface area contributed by atoms with Crippen molar-refractivity contribution in [2.24, 2.45) is 0 Å². The van der Waals surface area contributed by atoms with Gasteiger partial charge in [0, 0.05) is 23.8 Å². The summed E-state index contributed by atoms with van der Waals surface area (Å²) in [6, 6.07) is 4.71. The largest absolute Gasteiger partial charge is 0.493 e. The third kappa shape index (κ3) is 3.70. The second-order valence-electron chi connectivity index (χ2n) is 5.59. The molecule has 0 aliphatic carbocycles. The van der Waals surface area contributed by atoms with Crippen LogP contribution in [0.25, 0.3) is 0 Å². The summed E-state index contributed by atoms with van der Waals surface area (Å²) < 4.78 is 10.4. The van der Waals surface area contributed by atoms with E-state index in [4.69, 9.17) is 14.6 Å². The summed E-state index contributed by atoms with van der Waals surface area (Å²) in [7, 11) is 4.53. The Morgan fingerprint density at radius 2 is 1.88 bits per heavy atom. The van der Waals surface area contributed by atoms with Crippen LogP contribution in [0.2, 0.25) is 0 Å². The fourth-order valence-electron chi connectivity index (χ4n) is 2.83. The minimum Gasteiger partial charge on any atom is -0.493 e. The molecule has 140 valence electrons. The molecule has 1 heterocycles. The molecular formula is C18H21NO6S. The first-order valence-corrected chi connectivity index (χ1v) is 9.00. The summed E-state index contributed by atoms with van der Waals surface area (Å²) in [5, 5.41) is 8.64. The lowest BCUT2D eigenvalue weighted by Crippen LogP contribution is -2.31. The maximum absolute atomic E-state index is 13.1. The SMILES string of the molecule is CCS[C@@H]1C(C(=O)c2ccc(OC)c(OC)c2)=C(CC(=O)O)C(=O)N1C. The average Bonchev–Trinajstić information content (AvgIpc) is 2.85. The van der Waals surface area contributed by atoms with Crippen LogP contribution in [0.5, 0.6) is 11.5 Å². The zero-order chi connectivity index (χ0) is 19.4. The molecule has 8 heteroatoms. The van der Waals surface area contributed by atoms with Gasteiger partial charge in [0.2, 0.25) is 0 Å². The van der Waals surface area contributed by atoms with Crippen LogP contribution in [-0.2, 0) is 9.59 Å². The van der Waals surface area contributed by atoms with E-state index in [0.29, 0.717) is 22.8 Å². The first kappa shape index (κ1) is 19.8. The zero-order valence-electron chi connectivity index (χ0n) is 15.1. The Labute approximate surface area is 156 Å². The number of carboxylic acids is 1. The van der Waals surface area contributed by atoms with Crippen LogP contribution < -0.4 is 9.47 Å². The van der Waals surface area contributed by atoms with Crippen LogP contribution in [0.15, 0.2) is 29.3 Å². The number of benzene rings is 1. The number of thioether (sulfide) groups is 1. The predicted octanol–water partition coefficient (Wildman–Crippen LogP) is 2.21. The Hall–Kier alpha value is -2.48. The van der Waals surface area contributed by atoms with Crippen molar-refractivity contribution in [3.63, 3.8) is 0 Å². The fraction of sp³-hybridized carbons (Fsp3) is 0.389. The molecule has 0 fully saturated rings. The number of methoxy groups -OCH3 is 2. The van der Waals surface area contributed by atoms with Gasteiger partial charge in [0.1, 0.15) is 5.37 Å². The maximum Gasteiger partial charge on any atom is 0.308 e. The van der Waals surface area contributed by atoms with Gasteiger partial charge >= 0.3 is 5.97 Å². The van der Waals surface area contributed by atoms with Gasteiger partial charge in [0.25, 0.3) is 5.91 Å². The lowest BCUT2D eigenvalue weighted by molar-refractivity contribution is -0.137. The zero-order valence-corrected chi connectivity index (χ0v) is 15.9. The van der Waals surface area contributed by atoms with Gasteiger partial charge in [-0.3, -0.25) is 14.4 Å². The molecule has 1 aromatic carbocycles. The van der Waals surface area contributed by atoms with Crippen LogP contribution in [0.1, 0.15) is 23.7 Å². The van der Waals surface area contributed by atoms with Crippen molar-refractivity contribution < 1.29 is 29.0 Å². The molecule has 26 heavy (non-hydrogen) atoms. The summed E-state index contributed by atoms with van der Waals surface area (Å²) >= 11 is 1.41. The van der Waals surface area contributed by atoms with Gasteiger partial charge in [-0.1, -0.05) is 6.92 Å². The molecule has 0 spiro atoms. The molecule has 0 bridgehead atoms. The molecule has 1 N–H and O–H groups in total. The number of Topliss-reactive ketones (excluding diaryl/α,β-unsaturated/α-hetero) is 1. The number of ether oxygens (including phenoxy) is 2. The predicted molar refractivity (Wildman–Crippen MR) is 97.8 cm³/mol. The number of carboxylic acid groups (broad SMARTS) is 1. The minimum atomic E-state index is -1.15. The van der Waals surface area contributed by atoms with Gasteiger partial charge in [-0.25, -0.2) is 0 Å². The molecule has 0 saturated carbocycles. The summed E-state index contributed by atoms with van der Waals surface area (Å²) in [5.74, 6) is -0.431. The number of aliphatic carboxylic acids is 1. The second-order valence-corrected chi connectivity index (χ2v) is 6.94. The number of likely N-dealkylation sites (N-methyl/N-ethyl adjacent to an activating group) is 1. The minimum absolute atomic E-state index is 0.0331. The monoisotopic (exact) mass is 379 g/mol. The third-order valence-corrected chi connectivity index (χ3v) is 5.25. The summed E-state index contributed by atoms with van der Waals surface area (Å²) in [6.07, 6.45) is -0.488. The highest BCUT2D eigenvalue weighted by Crippen LogP contribution is 2.37. The van der Waals surface area contributed by atoms with Crippen LogP contribution >= 0.6 is 11.8 Å². The normalized spacial score (nSPS) is 16.8. The number of nitrogens with zero attached hydrogens (tertiary/aromatic N) is 1. The molecular weight excluding hydrogens is 358 g/mol. The molecule has 0 saturated heterocycles. The fourth-order valence-corrected chi connectivity index (χ4v) is 3.89. The number of ketones is 1. The highest BCUT2D eigenvalue weighted by atomic mass is 32.2. The molecule has 1 amide bonds. The molecule has 1 aliphatic heterocycles. The van der Waals surface area contributed by atoms with Crippen molar-refractivity contribution in [1.29, 1.82) is 0 Å². The number of rotatable bonds is 8. The molecule has 7 nitrogen and oxygen atoms in total. The molecule has 0 radical (unpaired) electrons. The highest BCUT2D eigenvalue weighted by Gasteiger charge is 2.41. The quantitative estimate of drug-likeness (QED) is 0.692. The van der Waals surface area contributed by atoms with Gasteiger partial charge in [0.05, 0.1) is 20.6 Å². The van der Waals surface area contributed by atoms with E-state index >= 15 is 0 Å². The first-order chi connectivity index (χ1) is 12.3. The van der Waals surface area contributed by atoms with Gasteiger partial charge in [-0.15, -0.1) is 11.8 Å². The number of hydrogen-bond donors (Lipinski definition) is 1. The Balaban J connectivity index is 2.55. The van der Waals surface area contributed by atoms with Gasteiger partial charge in [0.15, 0.2) is 17.3 Å². The number of carbonyl (C=O) groups excluding carboxylic acids is 2. The van der Waals surface area contributed by atoms with Crippen LogP contribution in [-0.4, -0.2) is 60.1 Å².